The van der Waals surface area contributed by atoms with Gasteiger partial charge in [0.25, 0.3) is 0 Å². The number of sulfone groups is 1. The molecule has 0 heterocycles. The Bertz CT molecular complexity index is 580. The second kappa shape index (κ2) is 6.60. The summed E-state index contributed by atoms with van der Waals surface area (Å²) in [5, 5.41) is 7.54. The molecule has 0 bridgehead atoms. The third kappa shape index (κ3) is 3.84. The Hall–Kier alpha value is -1.36. The molecule has 1 aromatic rings. The van der Waals surface area contributed by atoms with Crippen LogP contribution in [0.15, 0.2) is 30.3 Å². The zero-order valence-electron chi connectivity index (χ0n) is 12.2. The van der Waals surface area contributed by atoms with Crippen LogP contribution >= 0.6 is 0 Å². The lowest BCUT2D eigenvalue weighted by Crippen LogP contribution is -2.41. The van der Waals surface area contributed by atoms with E-state index in [2.05, 4.69) is 0 Å². The fourth-order valence-corrected chi connectivity index (χ4v) is 5.34. The van der Waals surface area contributed by atoms with Gasteiger partial charge in [0.1, 0.15) is 0 Å². The first-order chi connectivity index (χ1) is 9.91. The van der Waals surface area contributed by atoms with E-state index in [1.165, 1.54) is 0 Å². The molecule has 1 fully saturated rings. The molecule has 1 saturated carbocycles. The maximum Gasteiger partial charge on any atom is 0.322 e. The van der Waals surface area contributed by atoms with Crippen molar-refractivity contribution in [2.75, 3.05) is 0 Å². The van der Waals surface area contributed by atoms with Crippen molar-refractivity contribution in [3.63, 3.8) is 0 Å². The Morgan fingerprint density at radius 3 is 2.52 bits per heavy atom. The van der Waals surface area contributed by atoms with Crippen LogP contribution in [-0.2, 0) is 21.1 Å². The lowest BCUT2D eigenvalue weighted by atomic mass is 9.90. The molecule has 1 aromatic carbocycles. The van der Waals surface area contributed by atoms with E-state index in [0.29, 0.717) is 18.8 Å². The van der Waals surface area contributed by atoms with E-state index < -0.39 is 26.3 Å². The average Bonchev–Trinajstić information content (AvgIpc) is 2.45. The molecule has 5 heteroatoms. The van der Waals surface area contributed by atoms with Crippen molar-refractivity contribution >= 4 is 15.8 Å². The number of carboxylic acid groups (broad SMARTS) is 1. The van der Waals surface area contributed by atoms with Crippen LogP contribution in [0.1, 0.15) is 38.2 Å². The molecule has 0 saturated heterocycles. The van der Waals surface area contributed by atoms with Crippen LogP contribution in [-0.4, -0.2) is 30.0 Å². The average molecular weight is 310 g/mol. The molecule has 0 aliphatic heterocycles. The minimum Gasteiger partial charge on any atom is -0.480 e. The van der Waals surface area contributed by atoms with Gasteiger partial charge in [0.15, 0.2) is 15.1 Å². The van der Waals surface area contributed by atoms with Crippen molar-refractivity contribution < 1.29 is 18.3 Å². The highest BCUT2D eigenvalue weighted by Gasteiger charge is 2.40. The van der Waals surface area contributed by atoms with Gasteiger partial charge in [-0.25, -0.2) is 8.42 Å². The van der Waals surface area contributed by atoms with E-state index in [4.69, 9.17) is 0 Å². The van der Waals surface area contributed by atoms with E-state index >= 15 is 0 Å². The SMILES string of the molecule is CC1CCCC(S(=O)(=O)C(Cc2ccccc2)C(=O)O)C1. The fraction of sp³-hybridized carbons (Fsp3) is 0.562. The van der Waals surface area contributed by atoms with Crippen molar-refractivity contribution in [2.45, 2.75) is 49.5 Å². The molecule has 116 valence electrons. The summed E-state index contributed by atoms with van der Waals surface area (Å²) >= 11 is 0. The van der Waals surface area contributed by atoms with Crippen LogP contribution in [0.25, 0.3) is 0 Å². The van der Waals surface area contributed by atoms with Gasteiger partial charge in [-0.3, -0.25) is 4.79 Å². The van der Waals surface area contributed by atoms with Crippen LogP contribution in [0.4, 0.5) is 0 Å². The predicted octanol–water partition coefficient (Wildman–Crippen LogP) is 2.68. The van der Waals surface area contributed by atoms with E-state index in [-0.39, 0.29) is 6.42 Å². The van der Waals surface area contributed by atoms with E-state index in [1.54, 1.807) is 24.3 Å². The van der Waals surface area contributed by atoms with Gasteiger partial charge in [-0.05, 0) is 30.7 Å². The van der Waals surface area contributed by atoms with Crippen molar-refractivity contribution in [3.8, 4) is 0 Å². The van der Waals surface area contributed by atoms with E-state index in [1.807, 2.05) is 13.0 Å². The zero-order chi connectivity index (χ0) is 15.5. The number of benzene rings is 1. The zero-order valence-corrected chi connectivity index (χ0v) is 13.1. The topological polar surface area (TPSA) is 71.4 Å². The van der Waals surface area contributed by atoms with Crippen molar-refractivity contribution in [1.29, 1.82) is 0 Å². The van der Waals surface area contributed by atoms with Gasteiger partial charge < -0.3 is 5.11 Å². The molecule has 1 N–H and O–H groups in total. The molecule has 1 aliphatic carbocycles. The molecule has 0 amide bonds. The third-order valence-corrected chi connectivity index (χ3v) is 6.81. The number of aliphatic carboxylic acids is 1. The van der Waals surface area contributed by atoms with Crippen molar-refractivity contribution in [3.05, 3.63) is 35.9 Å². The maximum absolute atomic E-state index is 12.7. The molecule has 1 aliphatic rings. The van der Waals surface area contributed by atoms with Gasteiger partial charge >= 0.3 is 5.97 Å². The van der Waals surface area contributed by atoms with Gasteiger partial charge in [-0.2, -0.15) is 0 Å². The fourth-order valence-electron chi connectivity index (χ4n) is 3.08. The number of carbonyl (C=O) groups is 1. The van der Waals surface area contributed by atoms with Crippen LogP contribution in [0.5, 0.6) is 0 Å². The number of carboxylic acids is 1. The van der Waals surface area contributed by atoms with Crippen molar-refractivity contribution in [1.82, 2.24) is 0 Å². The Kier molecular flexibility index (Phi) is 5.04. The molecule has 3 unspecified atom stereocenters. The number of hydrogen-bond donors (Lipinski definition) is 1. The highest BCUT2D eigenvalue weighted by molar-refractivity contribution is 7.93. The first-order valence-corrected chi connectivity index (χ1v) is 9.01. The minimum absolute atomic E-state index is 0.0450. The first kappa shape index (κ1) is 16.0. The Labute approximate surface area is 126 Å². The largest absolute Gasteiger partial charge is 0.480 e. The summed E-state index contributed by atoms with van der Waals surface area (Å²) < 4.78 is 25.4. The van der Waals surface area contributed by atoms with Crippen LogP contribution in [0, 0.1) is 5.92 Å². The van der Waals surface area contributed by atoms with Gasteiger partial charge in [-0.15, -0.1) is 0 Å². The molecule has 21 heavy (non-hydrogen) atoms. The summed E-state index contributed by atoms with van der Waals surface area (Å²) in [5.74, 6) is -0.887. The van der Waals surface area contributed by atoms with Gasteiger partial charge in [-0.1, -0.05) is 50.1 Å². The Morgan fingerprint density at radius 2 is 1.95 bits per heavy atom. The van der Waals surface area contributed by atoms with Crippen LogP contribution < -0.4 is 0 Å². The lowest BCUT2D eigenvalue weighted by molar-refractivity contribution is -0.136. The highest BCUT2D eigenvalue weighted by Crippen LogP contribution is 2.31. The Morgan fingerprint density at radius 1 is 1.29 bits per heavy atom. The summed E-state index contributed by atoms with van der Waals surface area (Å²) in [4.78, 5) is 11.5. The number of hydrogen-bond acceptors (Lipinski definition) is 3. The summed E-state index contributed by atoms with van der Waals surface area (Å²) in [6.45, 7) is 2.04. The van der Waals surface area contributed by atoms with Crippen LogP contribution in [0.3, 0.4) is 0 Å². The molecular weight excluding hydrogens is 288 g/mol. The van der Waals surface area contributed by atoms with Gasteiger partial charge in [0.2, 0.25) is 0 Å². The smallest absolute Gasteiger partial charge is 0.322 e. The van der Waals surface area contributed by atoms with E-state index in [9.17, 15) is 18.3 Å². The standard InChI is InChI=1S/C16H22O4S/c1-12-6-5-9-14(10-12)21(19,20)15(16(17)18)11-13-7-3-2-4-8-13/h2-4,7-8,12,14-15H,5-6,9-11H2,1H3,(H,17,18). The molecule has 4 nitrogen and oxygen atoms in total. The minimum atomic E-state index is -3.65. The van der Waals surface area contributed by atoms with Crippen molar-refractivity contribution in [2.24, 2.45) is 5.92 Å². The summed E-state index contributed by atoms with van der Waals surface area (Å²) in [6.07, 6.45) is 3.11. The van der Waals surface area contributed by atoms with Gasteiger partial charge in [0, 0.05) is 0 Å². The molecule has 0 spiro atoms. The summed E-state index contributed by atoms with van der Waals surface area (Å²) in [5.41, 5.74) is 0.748. The third-order valence-electron chi connectivity index (χ3n) is 4.29. The Balaban J connectivity index is 2.22. The van der Waals surface area contributed by atoms with Crippen LogP contribution in [0.2, 0.25) is 0 Å². The first-order valence-electron chi connectivity index (χ1n) is 7.40. The molecule has 2 rings (SSSR count). The summed E-state index contributed by atoms with van der Waals surface area (Å²) in [6, 6.07) is 8.97. The summed E-state index contributed by atoms with van der Waals surface area (Å²) in [7, 11) is -3.65. The molecule has 3 atom stereocenters. The predicted molar refractivity (Wildman–Crippen MR) is 81.9 cm³/mol. The molecule has 0 radical (unpaired) electrons. The monoisotopic (exact) mass is 310 g/mol. The molecular formula is C16H22O4S. The normalized spacial score (nSPS) is 24.4. The lowest BCUT2D eigenvalue weighted by Gasteiger charge is -2.28. The number of rotatable bonds is 5. The van der Waals surface area contributed by atoms with Gasteiger partial charge in [0.05, 0.1) is 5.25 Å². The highest BCUT2D eigenvalue weighted by atomic mass is 32.2. The maximum atomic E-state index is 12.7. The second-order valence-electron chi connectivity index (χ2n) is 6.00. The quantitative estimate of drug-likeness (QED) is 0.907. The molecule has 0 aromatic heterocycles. The second-order valence-corrected chi connectivity index (χ2v) is 8.41. The van der Waals surface area contributed by atoms with E-state index in [0.717, 1.165) is 18.4 Å².